The molecule has 5 heteroatoms. The highest BCUT2D eigenvalue weighted by molar-refractivity contribution is 5.94. The Balaban J connectivity index is 1.66. The number of hydrogen-bond acceptors (Lipinski definition) is 4. The summed E-state index contributed by atoms with van der Waals surface area (Å²) < 4.78 is 11.4. The molecule has 4 rings (SSSR count). The Morgan fingerprint density at radius 1 is 1.22 bits per heavy atom. The topological polar surface area (TPSA) is 70.1 Å². The number of ether oxygens (including phenoxy) is 2. The van der Waals surface area contributed by atoms with Gasteiger partial charge in [0.25, 0.3) is 0 Å². The van der Waals surface area contributed by atoms with Gasteiger partial charge < -0.3 is 19.8 Å². The highest BCUT2D eigenvalue weighted by Crippen LogP contribution is 2.33. The van der Waals surface area contributed by atoms with Crippen LogP contribution in [0.2, 0.25) is 0 Å². The lowest BCUT2D eigenvalue weighted by atomic mass is 10.1. The third kappa shape index (κ3) is 3.62. The molecule has 0 bridgehead atoms. The maximum atomic E-state index is 9.71. The first-order valence-corrected chi connectivity index (χ1v) is 9.31. The fraction of sp³-hybridized carbons (Fsp3) is 0.318. The zero-order valence-electron chi connectivity index (χ0n) is 15.6. The lowest BCUT2D eigenvalue weighted by molar-refractivity contribution is 0.141. The fourth-order valence-corrected chi connectivity index (χ4v) is 3.45. The van der Waals surface area contributed by atoms with E-state index in [1.54, 1.807) is 0 Å². The Kier molecular flexibility index (Phi) is 4.74. The summed E-state index contributed by atoms with van der Waals surface area (Å²) in [5.41, 5.74) is 4.46. The van der Waals surface area contributed by atoms with Crippen molar-refractivity contribution in [2.24, 2.45) is 0 Å². The molecule has 27 heavy (non-hydrogen) atoms. The highest BCUT2D eigenvalue weighted by atomic mass is 16.5. The average Bonchev–Trinajstić information content (AvgIpc) is 3.28. The first-order valence-electron chi connectivity index (χ1n) is 9.31. The highest BCUT2D eigenvalue weighted by Gasteiger charge is 2.18. The van der Waals surface area contributed by atoms with Crippen molar-refractivity contribution in [3.8, 4) is 23.1 Å². The SMILES string of the molecule is CC(C)Nc1ccc(-c2[nH]c3cc(OC4CCOC4)ccc3c2C#N)cc1. The molecule has 2 heterocycles. The summed E-state index contributed by atoms with van der Waals surface area (Å²) in [4.78, 5) is 3.40. The van der Waals surface area contributed by atoms with Gasteiger partial charge in [0.2, 0.25) is 0 Å². The first-order chi connectivity index (χ1) is 13.1. The number of hydrogen-bond donors (Lipinski definition) is 2. The number of fused-ring (bicyclic) bond motifs is 1. The smallest absolute Gasteiger partial charge is 0.124 e. The zero-order valence-corrected chi connectivity index (χ0v) is 15.6. The van der Waals surface area contributed by atoms with Crippen LogP contribution in [0.5, 0.6) is 5.75 Å². The molecule has 1 unspecified atom stereocenters. The number of aromatic amines is 1. The van der Waals surface area contributed by atoms with Crippen LogP contribution < -0.4 is 10.1 Å². The van der Waals surface area contributed by atoms with E-state index in [0.29, 0.717) is 18.2 Å². The van der Waals surface area contributed by atoms with E-state index in [9.17, 15) is 5.26 Å². The predicted octanol–water partition coefficient (Wildman–Crippen LogP) is 4.69. The molecule has 1 aromatic heterocycles. The number of nitrogens with one attached hydrogen (secondary N) is 2. The van der Waals surface area contributed by atoms with Crippen molar-refractivity contribution in [3.63, 3.8) is 0 Å². The Hall–Kier alpha value is -2.97. The second-order valence-electron chi connectivity index (χ2n) is 7.17. The molecule has 1 atom stereocenters. The van der Waals surface area contributed by atoms with Crippen molar-refractivity contribution in [2.75, 3.05) is 18.5 Å². The molecule has 1 aliphatic heterocycles. The van der Waals surface area contributed by atoms with Gasteiger partial charge in [0, 0.05) is 29.6 Å². The molecular weight excluding hydrogens is 338 g/mol. The van der Waals surface area contributed by atoms with E-state index in [0.717, 1.165) is 46.6 Å². The molecule has 0 amide bonds. The van der Waals surface area contributed by atoms with E-state index in [-0.39, 0.29) is 6.10 Å². The summed E-state index contributed by atoms with van der Waals surface area (Å²) in [6.07, 6.45) is 1.02. The van der Waals surface area contributed by atoms with Crippen molar-refractivity contribution in [1.82, 2.24) is 4.98 Å². The largest absolute Gasteiger partial charge is 0.488 e. The van der Waals surface area contributed by atoms with Crippen LogP contribution in [0.3, 0.4) is 0 Å². The molecule has 0 aliphatic carbocycles. The molecule has 0 radical (unpaired) electrons. The lowest BCUT2D eigenvalue weighted by Gasteiger charge is -2.11. The second-order valence-corrected chi connectivity index (χ2v) is 7.17. The number of rotatable bonds is 5. The summed E-state index contributed by atoms with van der Waals surface area (Å²) in [6, 6.07) is 16.7. The monoisotopic (exact) mass is 361 g/mol. The van der Waals surface area contributed by atoms with E-state index >= 15 is 0 Å². The minimum absolute atomic E-state index is 0.105. The molecule has 2 aromatic carbocycles. The molecule has 3 aromatic rings. The van der Waals surface area contributed by atoms with Crippen LogP contribution >= 0.6 is 0 Å². The van der Waals surface area contributed by atoms with Crippen molar-refractivity contribution < 1.29 is 9.47 Å². The summed E-state index contributed by atoms with van der Waals surface area (Å²) in [6.45, 7) is 5.60. The van der Waals surface area contributed by atoms with Crippen LogP contribution in [0.25, 0.3) is 22.2 Å². The molecule has 2 N–H and O–H groups in total. The molecule has 0 spiro atoms. The van der Waals surface area contributed by atoms with Gasteiger partial charge >= 0.3 is 0 Å². The summed E-state index contributed by atoms with van der Waals surface area (Å²) in [5.74, 6) is 0.798. The third-order valence-electron chi connectivity index (χ3n) is 4.70. The van der Waals surface area contributed by atoms with Gasteiger partial charge in [0.15, 0.2) is 0 Å². The van der Waals surface area contributed by atoms with Gasteiger partial charge in [0.1, 0.15) is 17.9 Å². The van der Waals surface area contributed by atoms with Crippen LogP contribution in [0.1, 0.15) is 25.8 Å². The minimum Gasteiger partial charge on any atom is -0.488 e. The zero-order chi connectivity index (χ0) is 18.8. The number of nitriles is 1. The summed E-state index contributed by atoms with van der Waals surface area (Å²) >= 11 is 0. The second kappa shape index (κ2) is 7.34. The van der Waals surface area contributed by atoms with Crippen molar-refractivity contribution in [3.05, 3.63) is 48.0 Å². The normalized spacial score (nSPS) is 16.6. The van der Waals surface area contributed by atoms with Gasteiger partial charge in [-0.15, -0.1) is 0 Å². The standard InChI is InChI=1S/C22H23N3O2/c1-14(2)24-16-5-3-15(4-6-16)22-20(12-23)19-8-7-17(11-21(19)25-22)27-18-9-10-26-13-18/h3-8,11,14,18,24-25H,9-10,13H2,1-2H3. The van der Waals surface area contributed by atoms with E-state index in [1.807, 2.05) is 42.5 Å². The lowest BCUT2D eigenvalue weighted by Crippen LogP contribution is -2.15. The van der Waals surface area contributed by atoms with Gasteiger partial charge in [-0.05, 0) is 43.7 Å². The van der Waals surface area contributed by atoms with Crippen molar-refractivity contribution >= 4 is 16.6 Å². The number of anilines is 1. The number of aromatic nitrogens is 1. The molecule has 1 fully saturated rings. The minimum atomic E-state index is 0.105. The number of H-pyrrole nitrogens is 1. The van der Waals surface area contributed by atoms with Gasteiger partial charge in [-0.1, -0.05) is 12.1 Å². The van der Waals surface area contributed by atoms with Crippen LogP contribution in [0, 0.1) is 11.3 Å². The van der Waals surface area contributed by atoms with Gasteiger partial charge in [-0.2, -0.15) is 5.26 Å². The Morgan fingerprint density at radius 2 is 2.04 bits per heavy atom. The molecule has 138 valence electrons. The van der Waals surface area contributed by atoms with Crippen LogP contribution in [-0.4, -0.2) is 30.3 Å². The van der Waals surface area contributed by atoms with Crippen LogP contribution in [-0.2, 0) is 4.74 Å². The average molecular weight is 361 g/mol. The summed E-state index contributed by atoms with van der Waals surface area (Å²) in [7, 11) is 0. The maximum absolute atomic E-state index is 9.71. The first kappa shape index (κ1) is 17.4. The van der Waals surface area contributed by atoms with E-state index in [2.05, 4.69) is 30.2 Å². The molecular formula is C22H23N3O2. The maximum Gasteiger partial charge on any atom is 0.124 e. The quantitative estimate of drug-likeness (QED) is 0.691. The molecule has 1 saturated heterocycles. The van der Waals surface area contributed by atoms with Gasteiger partial charge in [0.05, 0.1) is 30.0 Å². The van der Waals surface area contributed by atoms with E-state index in [1.165, 1.54) is 0 Å². The third-order valence-corrected chi connectivity index (χ3v) is 4.70. The molecule has 1 aliphatic rings. The van der Waals surface area contributed by atoms with E-state index in [4.69, 9.17) is 9.47 Å². The van der Waals surface area contributed by atoms with Gasteiger partial charge in [-0.25, -0.2) is 0 Å². The molecule has 0 saturated carbocycles. The molecule has 5 nitrogen and oxygen atoms in total. The van der Waals surface area contributed by atoms with Crippen molar-refractivity contribution in [2.45, 2.75) is 32.4 Å². The Morgan fingerprint density at radius 3 is 2.70 bits per heavy atom. The van der Waals surface area contributed by atoms with E-state index < -0.39 is 0 Å². The van der Waals surface area contributed by atoms with Crippen molar-refractivity contribution in [1.29, 1.82) is 5.26 Å². The Labute approximate surface area is 158 Å². The predicted molar refractivity (Wildman–Crippen MR) is 107 cm³/mol. The van der Waals surface area contributed by atoms with Gasteiger partial charge in [-0.3, -0.25) is 0 Å². The Bertz CT molecular complexity index is 977. The van der Waals surface area contributed by atoms with Crippen LogP contribution in [0.15, 0.2) is 42.5 Å². The fourth-order valence-electron chi connectivity index (χ4n) is 3.45. The number of nitrogens with zero attached hydrogens (tertiary/aromatic N) is 1. The summed E-state index contributed by atoms with van der Waals surface area (Å²) in [5, 5.41) is 14.0. The number of benzene rings is 2. The van der Waals surface area contributed by atoms with Crippen LogP contribution in [0.4, 0.5) is 5.69 Å².